The van der Waals surface area contributed by atoms with Gasteiger partial charge in [-0.1, -0.05) is 95.8 Å². The van der Waals surface area contributed by atoms with Crippen LogP contribution in [0.15, 0.2) is 36.5 Å². The molecule has 170 valence electrons. The third kappa shape index (κ3) is 20.2. The Balaban J connectivity index is 3.64. The average molecular weight is 409 g/mol. The molecule has 0 fully saturated rings. The summed E-state index contributed by atoms with van der Waals surface area (Å²) in [6, 6.07) is 0. The van der Waals surface area contributed by atoms with Crippen LogP contribution in [0, 0.1) is 0 Å². The predicted molar refractivity (Wildman–Crippen MR) is 126 cm³/mol. The SMILES string of the molecule is CC/C=C\C/C=C\C/C=C\CCCCCCCC(O)(O)OC(CC)CCCCC. The summed E-state index contributed by atoms with van der Waals surface area (Å²) in [5.41, 5.74) is 0. The van der Waals surface area contributed by atoms with Gasteiger partial charge in [0.25, 0.3) is 5.97 Å². The highest BCUT2D eigenvalue weighted by Gasteiger charge is 2.27. The molecule has 0 radical (unpaired) electrons. The van der Waals surface area contributed by atoms with Gasteiger partial charge in [-0.15, -0.1) is 0 Å². The molecule has 3 heteroatoms. The van der Waals surface area contributed by atoms with Crippen molar-refractivity contribution in [3.8, 4) is 0 Å². The lowest BCUT2D eigenvalue weighted by atomic mass is 10.1. The van der Waals surface area contributed by atoms with E-state index in [0.29, 0.717) is 6.42 Å². The van der Waals surface area contributed by atoms with Gasteiger partial charge in [-0.3, -0.25) is 0 Å². The van der Waals surface area contributed by atoms with E-state index in [4.69, 9.17) is 4.74 Å². The fourth-order valence-electron chi connectivity index (χ4n) is 3.27. The maximum atomic E-state index is 10.1. The number of hydrogen-bond donors (Lipinski definition) is 2. The van der Waals surface area contributed by atoms with Gasteiger partial charge in [0.15, 0.2) is 0 Å². The molecule has 2 N–H and O–H groups in total. The fraction of sp³-hybridized carbons (Fsp3) is 0.769. The molecule has 0 aliphatic carbocycles. The van der Waals surface area contributed by atoms with Crippen LogP contribution < -0.4 is 0 Å². The lowest BCUT2D eigenvalue weighted by Gasteiger charge is -2.27. The molecule has 0 amide bonds. The molecule has 0 spiro atoms. The van der Waals surface area contributed by atoms with E-state index in [9.17, 15) is 10.2 Å². The summed E-state index contributed by atoms with van der Waals surface area (Å²) in [4.78, 5) is 0. The highest BCUT2D eigenvalue weighted by atomic mass is 16.8. The Labute approximate surface area is 180 Å². The first-order chi connectivity index (χ1) is 14.1. The molecular weight excluding hydrogens is 360 g/mol. The summed E-state index contributed by atoms with van der Waals surface area (Å²) in [7, 11) is 0. The van der Waals surface area contributed by atoms with E-state index in [0.717, 1.165) is 64.2 Å². The number of ether oxygens (including phenoxy) is 1. The summed E-state index contributed by atoms with van der Waals surface area (Å²) >= 11 is 0. The van der Waals surface area contributed by atoms with Gasteiger partial charge in [-0.2, -0.15) is 0 Å². The molecule has 0 saturated heterocycles. The van der Waals surface area contributed by atoms with Gasteiger partial charge in [0.2, 0.25) is 0 Å². The number of rotatable bonds is 20. The fourth-order valence-corrected chi connectivity index (χ4v) is 3.27. The van der Waals surface area contributed by atoms with Gasteiger partial charge >= 0.3 is 0 Å². The van der Waals surface area contributed by atoms with Crippen LogP contribution in [-0.2, 0) is 4.74 Å². The topological polar surface area (TPSA) is 49.7 Å². The maximum Gasteiger partial charge on any atom is 0.278 e. The minimum Gasteiger partial charge on any atom is -0.343 e. The first-order valence-electron chi connectivity index (χ1n) is 12.1. The normalized spacial score (nSPS) is 14.0. The zero-order valence-corrected chi connectivity index (χ0v) is 19.5. The van der Waals surface area contributed by atoms with E-state index < -0.39 is 5.97 Å². The molecule has 0 bridgehead atoms. The smallest absolute Gasteiger partial charge is 0.278 e. The molecule has 3 nitrogen and oxygen atoms in total. The Morgan fingerprint density at radius 3 is 2.00 bits per heavy atom. The third-order valence-electron chi connectivity index (χ3n) is 5.09. The second kappa shape index (κ2) is 20.4. The minimum atomic E-state index is -1.96. The average Bonchev–Trinajstić information content (AvgIpc) is 2.70. The van der Waals surface area contributed by atoms with Crippen molar-refractivity contribution in [2.75, 3.05) is 0 Å². The summed E-state index contributed by atoms with van der Waals surface area (Å²) in [6.07, 6.45) is 28.4. The maximum absolute atomic E-state index is 10.1. The van der Waals surface area contributed by atoms with Crippen LogP contribution in [0.4, 0.5) is 0 Å². The molecule has 0 aromatic carbocycles. The van der Waals surface area contributed by atoms with E-state index in [1.165, 1.54) is 25.7 Å². The Bertz CT molecular complexity index is 424. The van der Waals surface area contributed by atoms with Gasteiger partial charge in [-0.25, -0.2) is 0 Å². The van der Waals surface area contributed by atoms with Gasteiger partial charge in [0, 0.05) is 6.42 Å². The highest BCUT2D eigenvalue weighted by Crippen LogP contribution is 2.21. The van der Waals surface area contributed by atoms with Gasteiger partial charge in [-0.05, 0) is 51.4 Å². The molecule has 0 aromatic rings. The lowest BCUT2D eigenvalue weighted by Crippen LogP contribution is -2.36. The standard InChI is InChI=1S/C26H48O3/c1-4-7-9-10-11-12-13-14-15-16-17-18-19-20-22-24-26(27,28)29-25(6-3)23-21-8-5-2/h7,9,11-12,14-15,25,27-28H,4-6,8,10,13,16-24H2,1-3H3/b9-7-,12-11-,15-14-. The van der Waals surface area contributed by atoms with E-state index in [1.807, 2.05) is 6.92 Å². The van der Waals surface area contributed by atoms with Crippen molar-refractivity contribution in [2.24, 2.45) is 0 Å². The van der Waals surface area contributed by atoms with Crippen molar-refractivity contribution < 1.29 is 14.9 Å². The highest BCUT2D eigenvalue weighted by molar-refractivity contribution is 4.96. The Kier molecular flexibility index (Phi) is 19.7. The number of aliphatic hydroxyl groups is 2. The number of hydrogen-bond acceptors (Lipinski definition) is 3. The Morgan fingerprint density at radius 1 is 0.724 bits per heavy atom. The van der Waals surface area contributed by atoms with Gasteiger partial charge < -0.3 is 14.9 Å². The Morgan fingerprint density at radius 2 is 1.34 bits per heavy atom. The van der Waals surface area contributed by atoms with E-state index >= 15 is 0 Å². The Hall–Kier alpha value is -0.900. The van der Waals surface area contributed by atoms with Crippen molar-refractivity contribution in [1.29, 1.82) is 0 Å². The molecule has 0 aliphatic heterocycles. The zero-order valence-electron chi connectivity index (χ0n) is 19.5. The molecule has 29 heavy (non-hydrogen) atoms. The van der Waals surface area contributed by atoms with Crippen molar-refractivity contribution in [2.45, 2.75) is 129 Å². The molecule has 0 aromatic heterocycles. The van der Waals surface area contributed by atoms with Crippen LogP contribution in [0.3, 0.4) is 0 Å². The summed E-state index contributed by atoms with van der Waals surface area (Å²) in [5, 5.41) is 20.2. The van der Waals surface area contributed by atoms with Gasteiger partial charge in [0.1, 0.15) is 0 Å². The van der Waals surface area contributed by atoms with Crippen molar-refractivity contribution >= 4 is 0 Å². The third-order valence-corrected chi connectivity index (χ3v) is 5.09. The number of allylic oxidation sites excluding steroid dienone is 6. The molecule has 0 saturated carbocycles. The first kappa shape index (κ1) is 28.1. The van der Waals surface area contributed by atoms with Crippen LogP contribution in [0.5, 0.6) is 0 Å². The second-order valence-corrected chi connectivity index (χ2v) is 7.99. The monoisotopic (exact) mass is 408 g/mol. The van der Waals surface area contributed by atoms with E-state index in [-0.39, 0.29) is 6.10 Å². The van der Waals surface area contributed by atoms with Crippen molar-refractivity contribution in [3.05, 3.63) is 36.5 Å². The largest absolute Gasteiger partial charge is 0.343 e. The second-order valence-electron chi connectivity index (χ2n) is 7.99. The molecule has 1 unspecified atom stereocenters. The lowest BCUT2D eigenvalue weighted by molar-refractivity contribution is -0.358. The van der Waals surface area contributed by atoms with Crippen LogP contribution in [-0.4, -0.2) is 22.3 Å². The summed E-state index contributed by atoms with van der Waals surface area (Å²) < 4.78 is 5.55. The number of unbranched alkanes of at least 4 members (excludes halogenated alkanes) is 7. The minimum absolute atomic E-state index is 0.0500. The predicted octanol–water partition coefficient (Wildman–Crippen LogP) is 7.59. The molecule has 0 rings (SSSR count). The van der Waals surface area contributed by atoms with Crippen LogP contribution in [0.2, 0.25) is 0 Å². The first-order valence-corrected chi connectivity index (χ1v) is 12.1. The van der Waals surface area contributed by atoms with Crippen LogP contribution in [0.1, 0.15) is 117 Å². The summed E-state index contributed by atoms with van der Waals surface area (Å²) in [6.45, 7) is 6.37. The van der Waals surface area contributed by atoms with Crippen LogP contribution in [0.25, 0.3) is 0 Å². The molecule has 1 atom stereocenters. The molecule has 0 heterocycles. The zero-order chi connectivity index (χ0) is 21.6. The quantitative estimate of drug-likeness (QED) is 0.124. The molecular formula is C26H48O3. The summed E-state index contributed by atoms with van der Waals surface area (Å²) in [5.74, 6) is -1.96. The van der Waals surface area contributed by atoms with Crippen molar-refractivity contribution in [1.82, 2.24) is 0 Å². The van der Waals surface area contributed by atoms with Crippen molar-refractivity contribution in [3.63, 3.8) is 0 Å². The van der Waals surface area contributed by atoms with Crippen LogP contribution >= 0.6 is 0 Å². The van der Waals surface area contributed by atoms with E-state index in [2.05, 4.69) is 50.3 Å². The van der Waals surface area contributed by atoms with E-state index in [1.54, 1.807) is 0 Å². The molecule has 0 aliphatic rings. The van der Waals surface area contributed by atoms with Gasteiger partial charge in [0.05, 0.1) is 6.10 Å².